The minimum Gasteiger partial charge on any atom is -0.495 e. The summed E-state index contributed by atoms with van der Waals surface area (Å²) in [6.07, 6.45) is 6.77. The summed E-state index contributed by atoms with van der Waals surface area (Å²) in [5, 5.41) is 3.52. The van der Waals surface area contributed by atoms with E-state index in [1.165, 1.54) is 25.7 Å². The summed E-state index contributed by atoms with van der Waals surface area (Å²) < 4.78 is 5.54. The van der Waals surface area contributed by atoms with Gasteiger partial charge in [0, 0.05) is 11.7 Å². The average Bonchev–Trinajstić information content (AvgIpc) is 2.50. The van der Waals surface area contributed by atoms with Crippen molar-refractivity contribution in [3.63, 3.8) is 0 Å². The minimum atomic E-state index is 0.100. The lowest BCUT2D eigenvalue weighted by atomic mass is 9.71. The molecule has 0 saturated heterocycles. The SMILES string of the molecule is CNC(c1ncccc1OC)C1(N(C)C)CCC(C)CC1. The van der Waals surface area contributed by atoms with Crippen molar-refractivity contribution in [2.24, 2.45) is 5.92 Å². The number of pyridine rings is 1. The minimum absolute atomic E-state index is 0.100. The first-order chi connectivity index (χ1) is 10.0. The maximum Gasteiger partial charge on any atom is 0.142 e. The summed E-state index contributed by atoms with van der Waals surface area (Å²) in [7, 11) is 8.13. The van der Waals surface area contributed by atoms with Crippen LogP contribution >= 0.6 is 0 Å². The predicted octanol–water partition coefficient (Wildman–Crippen LogP) is 2.86. The molecule has 21 heavy (non-hydrogen) atoms. The van der Waals surface area contributed by atoms with Crippen molar-refractivity contribution < 1.29 is 4.74 Å². The molecule has 0 aromatic carbocycles. The fourth-order valence-electron chi connectivity index (χ4n) is 3.71. The molecule has 1 heterocycles. The number of rotatable bonds is 5. The molecule has 4 nitrogen and oxygen atoms in total. The summed E-state index contributed by atoms with van der Waals surface area (Å²) >= 11 is 0. The second-order valence-electron chi connectivity index (χ2n) is 6.49. The molecule has 4 heteroatoms. The third-order valence-electron chi connectivity index (χ3n) is 5.15. The van der Waals surface area contributed by atoms with E-state index < -0.39 is 0 Å². The third-order valence-corrected chi connectivity index (χ3v) is 5.15. The first-order valence-electron chi connectivity index (χ1n) is 7.88. The highest BCUT2D eigenvalue weighted by Gasteiger charge is 2.44. The Morgan fingerprint density at radius 2 is 2.05 bits per heavy atom. The molecule has 0 radical (unpaired) electrons. The molecule has 1 atom stereocenters. The second kappa shape index (κ2) is 6.75. The van der Waals surface area contributed by atoms with Crippen LogP contribution in [0.2, 0.25) is 0 Å². The normalized spacial score (nSPS) is 27.6. The summed E-state index contributed by atoms with van der Waals surface area (Å²) in [6.45, 7) is 2.36. The molecule has 1 N–H and O–H groups in total. The third kappa shape index (κ3) is 3.06. The van der Waals surface area contributed by atoms with E-state index in [2.05, 4.69) is 36.2 Å². The van der Waals surface area contributed by atoms with Gasteiger partial charge in [-0.3, -0.25) is 4.98 Å². The number of methoxy groups -OCH3 is 1. The summed E-state index contributed by atoms with van der Waals surface area (Å²) in [5.74, 6) is 1.69. The number of likely N-dealkylation sites (N-methyl/N-ethyl adjacent to an activating group) is 2. The Bertz CT molecular complexity index is 453. The lowest BCUT2D eigenvalue weighted by molar-refractivity contribution is 0.0432. The van der Waals surface area contributed by atoms with Crippen LogP contribution in [0, 0.1) is 5.92 Å². The van der Waals surface area contributed by atoms with Crippen molar-refractivity contribution in [2.45, 2.75) is 44.2 Å². The van der Waals surface area contributed by atoms with Crippen LogP contribution in [0.25, 0.3) is 0 Å². The maximum absolute atomic E-state index is 5.54. The zero-order valence-electron chi connectivity index (χ0n) is 14.0. The quantitative estimate of drug-likeness (QED) is 0.905. The molecule has 1 aliphatic rings. The van der Waals surface area contributed by atoms with E-state index in [1.54, 1.807) is 7.11 Å². The van der Waals surface area contributed by atoms with Gasteiger partial charge in [-0.25, -0.2) is 0 Å². The van der Waals surface area contributed by atoms with Crippen LogP contribution in [0.15, 0.2) is 18.3 Å². The summed E-state index contributed by atoms with van der Waals surface area (Å²) in [6, 6.07) is 4.11. The number of hydrogen-bond acceptors (Lipinski definition) is 4. The van der Waals surface area contributed by atoms with Gasteiger partial charge in [-0.1, -0.05) is 6.92 Å². The largest absolute Gasteiger partial charge is 0.495 e. The van der Waals surface area contributed by atoms with Gasteiger partial charge in [0.1, 0.15) is 11.4 Å². The van der Waals surface area contributed by atoms with E-state index in [0.717, 1.165) is 17.4 Å². The number of nitrogens with one attached hydrogen (secondary N) is 1. The molecule has 1 unspecified atom stereocenters. The average molecular weight is 291 g/mol. The van der Waals surface area contributed by atoms with Crippen molar-refractivity contribution in [1.82, 2.24) is 15.2 Å². The smallest absolute Gasteiger partial charge is 0.142 e. The van der Waals surface area contributed by atoms with Crippen LogP contribution in [-0.4, -0.2) is 43.7 Å². The molecule has 0 bridgehead atoms. The zero-order chi connectivity index (χ0) is 15.5. The van der Waals surface area contributed by atoms with Gasteiger partial charge in [0.05, 0.1) is 13.2 Å². The van der Waals surface area contributed by atoms with Gasteiger partial charge < -0.3 is 15.0 Å². The van der Waals surface area contributed by atoms with Gasteiger partial charge in [0.15, 0.2) is 0 Å². The molecular formula is C17H29N3O. The van der Waals surface area contributed by atoms with Crippen molar-refractivity contribution in [3.8, 4) is 5.75 Å². The molecular weight excluding hydrogens is 262 g/mol. The number of nitrogens with zero attached hydrogens (tertiary/aromatic N) is 2. The van der Waals surface area contributed by atoms with E-state index in [9.17, 15) is 0 Å². The number of ether oxygens (including phenoxy) is 1. The molecule has 0 aliphatic heterocycles. The first kappa shape index (κ1) is 16.2. The van der Waals surface area contributed by atoms with Crippen LogP contribution in [0.1, 0.15) is 44.3 Å². The molecule has 2 rings (SSSR count). The standard InChI is InChI=1S/C17H29N3O/c1-13-8-10-17(11-9-13,20(3)4)16(18-2)15-14(21-5)7-6-12-19-15/h6-7,12-13,16,18H,8-11H2,1-5H3. The number of hydrogen-bond donors (Lipinski definition) is 1. The van der Waals surface area contributed by atoms with Gasteiger partial charge in [-0.05, 0) is 64.9 Å². The zero-order valence-corrected chi connectivity index (χ0v) is 14.0. The fourth-order valence-corrected chi connectivity index (χ4v) is 3.71. The van der Waals surface area contributed by atoms with Gasteiger partial charge >= 0.3 is 0 Å². The Morgan fingerprint density at radius 3 is 2.57 bits per heavy atom. The molecule has 118 valence electrons. The lowest BCUT2D eigenvalue weighted by Crippen LogP contribution is -2.55. The van der Waals surface area contributed by atoms with Gasteiger partial charge in [-0.2, -0.15) is 0 Å². The topological polar surface area (TPSA) is 37.4 Å². The van der Waals surface area contributed by atoms with Crippen LogP contribution < -0.4 is 10.1 Å². The molecule has 1 saturated carbocycles. The highest BCUT2D eigenvalue weighted by Crippen LogP contribution is 2.44. The van der Waals surface area contributed by atoms with Crippen LogP contribution in [-0.2, 0) is 0 Å². The van der Waals surface area contributed by atoms with Crippen LogP contribution in [0.4, 0.5) is 0 Å². The van der Waals surface area contributed by atoms with Crippen molar-refractivity contribution >= 4 is 0 Å². The summed E-state index contributed by atoms with van der Waals surface area (Å²) in [4.78, 5) is 7.01. The number of aromatic nitrogens is 1. The Balaban J connectivity index is 2.41. The monoisotopic (exact) mass is 291 g/mol. The van der Waals surface area contributed by atoms with Gasteiger partial charge in [0.25, 0.3) is 0 Å². The first-order valence-corrected chi connectivity index (χ1v) is 7.88. The molecule has 0 amide bonds. The van der Waals surface area contributed by atoms with E-state index in [-0.39, 0.29) is 11.6 Å². The molecule has 1 aromatic rings. The van der Waals surface area contributed by atoms with Crippen molar-refractivity contribution in [1.29, 1.82) is 0 Å². The fraction of sp³-hybridized carbons (Fsp3) is 0.706. The van der Waals surface area contributed by atoms with Crippen LogP contribution in [0.3, 0.4) is 0 Å². The maximum atomic E-state index is 5.54. The highest BCUT2D eigenvalue weighted by molar-refractivity contribution is 5.32. The van der Waals surface area contributed by atoms with E-state index in [0.29, 0.717) is 0 Å². The van der Waals surface area contributed by atoms with Crippen molar-refractivity contribution in [3.05, 3.63) is 24.0 Å². The molecule has 1 fully saturated rings. The van der Waals surface area contributed by atoms with Gasteiger partial charge in [0.2, 0.25) is 0 Å². The Morgan fingerprint density at radius 1 is 1.38 bits per heavy atom. The summed E-state index contributed by atoms with van der Waals surface area (Å²) in [5.41, 5.74) is 1.12. The van der Waals surface area contributed by atoms with Gasteiger partial charge in [-0.15, -0.1) is 0 Å². The Hall–Kier alpha value is -1.13. The van der Waals surface area contributed by atoms with Crippen molar-refractivity contribution in [2.75, 3.05) is 28.3 Å². The molecule has 0 spiro atoms. The highest BCUT2D eigenvalue weighted by atomic mass is 16.5. The van der Waals surface area contributed by atoms with Crippen LogP contribution in [0.5, 0.6) is 5.75 Å². The molecule has 1 aliphatic carbocycles. The van der Waals surface area contributed by atoms with E-state index >= 15 is 0 Å². The van der Waals surface area contributed by atoms with E-state index in [4.69, 9.17) is 4.74 Å². The van der Waals surface area contributed by atoms with E-state index in [1.807, 2.05) is 25.4 Å². The Labute approximate surface area is 128 Å². The predicted molar refractivity (Wildman–Crippen MR) is 86.6 cm³/mol. The second-order valence-corrected chi connectivity index (χ2v) is 6.49. The lowest BCUT2D eigenvalue weighted by Gasteiger charge is -2.49. The molecule has 1 aromatic heterocycles. The Kier molecular flexibility index (Phi) is 5.22.